The van der Waals surface area contributed by atoms with Gasteiger partial charge in [0.25, 0.3) is 0 Å². The van der Waals surface area contributed by atoms with Crippen LogP contribution < -0.4 is 9.47 Å². The van der Waals surface area contributed by atoms with E-state index < -0.39 is 0 Å². The van der Waals surface area contributed by atoms with Crippen molar-refractivity contribution < 1.29 is 14.3 Å². The molecule has 2 aliphatic rings. The van der Waals surface area contributed by atoms with Gasteiger partial charge in [0.15, 0.2) is 0 Å². The second-order valence-corrected chi connectivity index (χ2v) is 9.20. The topological polar surface area (TPSA) is 35.5 Å². The number of carbonyl (C=O) groups excluding carboxylic acids is 1. The largest absolute Gasteiger partial charge is 0.490 e. The summed E-state index contributed by atoms with van der Waals surface area (Å²) in [5.41, 5.74) is 1.94. The first-order valence-corrected chi connectivity index (χ1v) is 11.9. The summed E-state index contributed by atoms with van der Waals surface area (Å²) < 4.78 is 11.1. The van der Waals surface area contributed by atoms with Crippen molar-refractivity contribution in [2.45, 2.75) is 51.4 Å². The highest BCUT2D eigenvalue weighted by Gasteiger charge is 2.35. The van der Waals surface area contributed by atoms with Crippen molar-refractivity contribution >= 4 is 5.97 Å². The Balaban J connectivity index is 1.31. The van der Waals surface area contributed by atoms with Crippen LogP contribution in [0.3, 0.4) is 0 Å². The van der Waals surface area contributed by atoms with Crippen LogP contribution in [0.5, 0.6) is 11.5 Å². The van der Waals surface area contributed by atoms with Crippen molar-refractivity contribution in [1.29, 1.82) is 0 Å². The summed E-state index contributed by atoms with van der Waals surface area (Å²) in [7, 11) is 0. The lowest BCUT2D eigenvalue weighted by Gasteiger charge is -2.41. The molecule has 2 aromatic carbocycles. The number of allylic oxidation sites excluding steroid dienone is 2. The molecular formula is C29H34O3. The van der Waals surface area contributed by atoms with E-state index in [1.54, 1.807) is 12.1 Å². The number of fused-ring (bicyclic) bond motifs is 1. The Morgan fingerprint density at radius 3 is 2.34 bits per heavy atom. The molecule has 2 aromatic rings. The minimum absolute atomic E-state index is 0.328. The van der Waals surface area contributed by atoms with Gasteiger partial charge in [0, 0.05) is 0 Å². The molecule has 0 N–H and O–H groups in total. The second kappa shape index (κ2) is 10.7. The zero-order valence-electron chi connectivity index (χ0n) is 19.0. The monoisotopic (exact) mass is 430 g/mol. The first-order chi connectivity index (χ1) is 15.7. The molecule has 2 aliphatic carbocycles. The highest BCUT2D eigenvalue weighted by atomic mass is 16.5. The average Bonchev–Trinajstić information content (AvgIpc) is 2.84. The lowest BCUT2D eigenvalue weighted by Crippen LogP contribution is -2.29. The van der Waals surface area contributed by atoms with Crippen molar-refractivity contribution in [2.75, 3.05) is 6.61 Å². The molecule has 168 valence electrons. The summed E-state index contributed by atoms with van der Waals surface area (Å²) in [4.78, 5) is 12.6. The van der Waals surface area contributed by atoms with Crippen molar-refractivity contribution in [3.63, 3.8) is 0 Å². The summed E-state index contributed by atoms with van der Waals surface area (Å²) in [6.07, 6.45) is 13.8. The summed E-state index contributed by atoms with van der Waals surface area (Å²) in [5.74, 6) is 3.99. The van der Waals surface area contributed by atoms with Crippen molar-refractivity contribution in [3.05, 3.63) is 84.5 Å². The molecule has 4 rings (SSSR count). The van der Waals surface area contributed by atoms with Crippen LogP contribution in [0.25, 0.3) is 0 Å². The number of rotatable bonds is 7. The molecule has 4 atom stereocenters. The molecule has 0 aliphatic heterocycles. The molecular weight excluding hydrogens is 396 g/mol. The summed E-state index contributed by atoms with van der Waals surface area (Å²) in [6.45, 7) is 6.49. The normalized spacial score (nSPS) is 25.2. The fourth-order valence-electron chi connectivity index (χ4n) is 5.34. The van der Waals surface area contributed by atoms with Crippen molar-refractivity contribution in [3.8, 4) is 11.5 Å². The fourth-order valence-corrected chi connectivity index (χ4v) is 5.34. The number of ether oxygens (including phenoxy) is 2. The van der Waals surface area contributed by atoms with Gasteiger partial charge in [-0.3, -0.25) is 0 Å². The van der Waals surface area contributed by atoms with Crippen LogP contribution >= 0.6 is 0 Å². The molecule has 3 heteroatoms. The molecule has 32 heavy (non-hydrogen) atoms. The second-order valence-electron chi connectivity index (χ2n) is 9.20. The lowest BCUT2D eigenvalue weighted by molar-refractivity contribution is 0.0734. The fraction of sp³-hybridized carbons (Fsp3) is 0.414. The summed E-state index contributed by atoms with van der Waals surface area (Å²) in [5, 5.41) is 0. The molecule has 0 amide bonds. The molecule has 0 bridgehead atoms. The third-order valence-electron chi connectivity index (χ3n) is 7.22. The van der Waals surface area contributed by atoms with Crippen LogP contribution in [-0.4, -0.2) is 12.6 Å². The Hall–Kier alpha value is -2.81. The number of carbonyl (C=O) groups is 1. The highest BCUT2D eigenvalue weighted by molar-refractivity contribution is 5.91. The Kier molecular flexibility index (Phi) is 7.47. The van der Waals surface area contributed by atoms with E-state index in [-0.39, 0.29) is 5.97 Å². The van der Waals surface area contributed by atoms with Gasteiger partial charge in [0.05, 0.1) is 5.56 Å². The Morgan fingerprint density at radius 1 is 0.938 bits per heavy atom. The number of hydrogen-bond acceptors (Lipinski definition) is 3. The van der Waals surface area contributed by atoms with Gasteiger partial charge in [-0.05, 0) is 111 Å². The first kappa shape index (κ1) is 22.4. The van der Waals surface area contributed by atoms with Crippen LogP contribution in [-0.2, 0) is 0 Å². The van der Waals surface area contributed by atoms with E-state index in [0.717, 1.165) is 23.5 Å². The van der Waals surface area contributed by atoms with E-state index >= 15 is 0 Å². The van der Waals surface area contributed by atoms with Crippen LogP contribution in [0.1, 0.15) is 67.3 Å². The van der Waals surface area contributed by atoms with Crippen LogP contribution in [0.2, 0.25) is 0 Å². The quantitative estimate of drug-likeness (QED) is 0.262. The minimum atomic E-state index is -0.328. The molecule has 0 spiro atoms. The number of esters is 1. The first-order valence-electron chi connectivity index (χ1n) is 11.9. The third-order valence-corrected chi connectivity index (χ3v) is 7.22. The Bertz CT molecular complexity index is 926. The lowest BCUT2D eigenvalue weighted by atomic mass is 9.64. The molecule has 3 nitrogen and oxygen atoms in total. The number of benzene rings is 2. The van der Waals surface area contributed by atoms with Crippen molar-refractivity contribution in [1.82, 2.24) is 0 Å². The maximum absolute atomic E-state index is 12.6. The van der Waals surface area contributed by atoms with Crippen LogP contribution in [0, 0.1) is 17.8 Å². The van der Waals surface area contributed by atoms with Gasteiger partial charge in [0.2, 0.25) is 0 Å². The summed E-state index contributed by atoms with van der Waals surface area (Å²) >= 11 is 0. The minimum Gasteiger partial charge on any atom is -0.490 e. The smallest absolute Gasteiger partial charge is 0.343 e. The maximum Gasteiger partial charge on any atom is 0.343 e. The van der Waals surface area contributed by atoms with Crippen molar-refractivity contribution in [2.24, 2.45) is 17.8 Å². The van der Waals surface area contributed by atoms with Gasteiger partial charge in [-0.2, -0.15) is 0 Å². The van der Waals surface area contributed by atoms with Gasteiger partial charge in [0.1, 0.15) is 18.1 Å². The van der Waals surface area contributed by atoms with Gasteiger partial charge >= 0.3 is 5.97 Å². The zero-order valence-corrected chi connectivity index (χ0v) is 19.0. The molecule has 2 saturated carbocycles. The van der Waals surface area contributed by atoms with E-state index in [4.69, 9.17) is 9.47 Å². The highest BCUT2D eigenvalue weighted by Crippen LogP contribution is 2.47. The zero-order chi connectivity index (χ0) is 22.3. The predicted molar refractivity (Wildman–Crippen MR) is 129 cm³/mol. The maximum atomic E-state index is 12.6. The van der Waals surface area contributed by atoms with Crippen LogP contribution in [0.4, 0.5) is 0 Å². The molecule has 2 fully saturated rings. The third kappa shape index (κ3) is 5.51. The Labute approximate surface area is 192 Å². The standard InChI is InChI=1S/C29H34O3/c1-3-5-18-31-27-14-16-28(17-15-27)32-29(30)23-10-8-22(9-11-23)25-13-12-24-19-21(4-2)6-7-26(24)20-25/h3-5,8-11,14-17,21,24-26H,2,6-7,12-13,18-20H2,1H3/b5-3+. The average molecular weight is 431 g/mol. The van der Waals surface area contributed by atoms with Crippen LogP contribution in [0.15, 0.2) is 73.3 Å². The van der Waals surface area contributed by atoms with E-state index in [1.165, 1.54) is 44.1 Å². The Morgan fingerprint density at radius 2 is 1.62 bits per heavy atom. The van der Waals surface area contributed by atoms with Gasteiger partial charge in [-0.1, -0.05) is 30.4 Å². The number of hydrogen-bond donors (Lipinski definition) is 0. The van der Waals surface area contributed by atoms with Gasteiger partial charge < -0.3 is 9.47 Å². The molecule has 4 unspecified atom stereocenters. The SMILES string of the molecule is C=CC1CCC2CC(c3ccc(C(=O)Oc4ccc(OC/C=C/C)cc4)cc3)CCC2C1. The van der Waals surface area contributed by atoms with E-state index in [9.17, 15) is 4.79 Å². The molecule has 0 aromatic heterocycles. The van der Waals surface area contributed by atoms with E-state index in [2.05, 4.69) is 24.8 Å². The summed E-state index contributed by atoms with van der Waals surface area (Å²) in [6, 6.07) is 15.2. The predicted octanol–water partition coefficient (Wildman–Crippen LogP) is 7.35. The van der Waals surface area contributed by atoms with Gasteiger partial charge in [-0.15, -0.1) is 6.58 Å². The van der Waals surface area contributed by atoms with E-state index in [1.807, 2.05) is 43.3 Å². The molecule has 0 heterocycles. The van der Waals surface area contributed by atoms with E-state index in [0.29, 0.717) is 23.8 Å². The molecule has 0 saturated heterocycles. The van der Waals surface area contributed by atoms with Gasteiger partial charge in [-0.25, -0.2) is 4.79 Å². The molecule has 0 radical (unpaired) electrons.